The van der Waals surface area contributed by atoms with Gasteiger partial charge in [0.1, 0.15) is 12.6 Å². The second-order valence-electron chi connectivity index (χ2n) is 6.12. The van der Waals surface area contributed by atoms with Crippen LogP contribution in [0.2, 0.25) is 0 Å². The van der Waals surface area contributed by atoms with Crippen molar-refractivity contribution in [1.82, 2.24) is 14.8 Å². The lowest BCUT2D eigenvalue weighted by Crippen LogP contribution is -2.36. The fraction of sp³-hybridized carbons (Fsp3) is 0.562. The van der Waals surface area contributed by atoms with Gasteiger partial charge in [-0.1, -0.05) is 13.3 Å². The summed E-state index contributed by atoms with van der Waals surface area (Å²) in [6.07, 6.45) is -3.25. The van der Waals surface area contributed by atoms with E-state index >= 15 is 0 Å². The Kier molecular flexibility index (Phi) is 5.24. The van der Waals surface area contributed by atoms with E-state index in [4.69, 9.17) is 0 Å². The molecule has 2 heterocycles. The van der Waals surface area contributed by atoms with Gasteiger partial charge in [0, 0.05) is 17.0 Å². The zero-order valence-electron chi connectivity index (χ0n) is 14.2. The van der Waals surface area contributed by atoms with Gasteiger partial charge in [0.15, 0.2) is 5.78 Å². The number of hydrogen-bond acceptors (Lipinski definition) is 3. The van der Waals surface area contributed by atoms with E-state index in [-0.39, 0.29) is 11.3 Å². The summed E-state index contributed by atoms with van der Waals surface area (Å²) in [6, 6.07) is 0.0506. The molecule has 6 nitrogen and oxygen atoms in total. The van der Waals surface area contributed by atoms with Crippen molar-refractivity contribution >= 4 is 17.7 Å². The largest absolute Gasteiger partial charge is 0.406 e. The Balaban J connectivity index is 2.18. The minimum Gasteiger partial charge on any atom is -0.339 e. The Morgan fingerprint density at radius 3 is 2.48 bits per heavy atom. The molecular weight excluding hydrogens is 339 g/mol. The van der Waals surface area contributed by atoms with Gasteiger partial charge in [-0.15, -0.1) is 0 Å². The van der Waals surface area contributed by atoms with Crippen molar-refractivity contribution in [2.24, 2.45) is 0 Å². The standard InChI is InChI=1S/C16H20F3N3O3/c1-4-5-12-14(24)21(15(25)20-12)7-13(23)11-6-9(2)22(10(11)3)8-16(17,18)19/h6,12H,4-5,7-8H2,1-3H3,(H,20,25)/t12-/m0/s1. The van der Waals surface area contributed by atoms with Crippen LogP contribution < -0.4 is 5.32 Å². The maximum absolute atomic E-state index is 12.6. The Morgan fingerprint density at radius 1 is 1.28 bits per heavy atom. The number of carbonyl (C=O) groups is 3. The number of alkyl halides is 3. The Hall–Kier alpha value is -2.32. The molecule has 0 radical (unpaired) electrons. The molecular formula is C16H20F3N3O3. The number of aromatic nitrogens is 1. The van der Waals surface area contributed by atoms with Crippen LogP contribution in [-0.2, 0) is 11.3 Å². The van der Waals surface area contributed by atoms with Crippen molar-refractivity contribution in [2.45, 2.75) is 52.4 Å². The molecule has 2 rings (SSSR count). The highest BCUT2D eigenvalue weighted by Gasteiger charge is 2.39. The maximum Gasteiger partial charge on any atom is 0.406 e. The third-order valence-corrected chi connectivity index (χ3v) is 4.20. The predicted octanol–water partition coefficient (Wildman–Crippen LogP) is 2.57. The molecule has 25 heavy (non-hydrogen) atoms. The van der Waals surface area contributed by atoms with Crippen LogP contribution in [0.5, 0.6) is 0 Å². The number of nitrogens with zero attached hydrogens (tertiary/aromatic N) is 2. The van der Waals surface area contributed by atoms with E-state index in [1.165, 1.54) is 19.9 Å². The number of hydrogen-bond donors (Lipinski definition) is 1. The highest BCUT2D eigenvalue weighted by atomic mass is 19.4. The van der Waals surface area contributed by atoms with Crippen molar-refractivity contribution in [3.63, 3.8) is 0 Å². The third-order valence-electron chi connectivity index (χ3n) is 4.20. The highest BCUT2D eigenvalue weighted by molar-refractivity contribution is 6.09. The lowest BCUT2D eigenvalue weighted by atomic mass is 10.1. The molecule has 0 unspecified atom stereocenters. The van der Waals surface area contributed by atoms with Gasteiger partial charge in [0.05, 0.1) is 6.54 Å². The van der Waals surface area contributed by atoms with Gasteiger partial charge >= 0.3 is 12.2 Å². The lowest BCUT2D eigenvalue weighted by Gasteiger charge is -2.14. The van der Waals surface area contributed by atoms with E-state index in [9.17, 15) is 27.6 Å². The summed E-state index contributed by atoms with van der Waals surface area (Å²) in [5, 5.41) is 2.51. The average Bonchev–Trinajstić information content (AvgIpc) is 2.91. The molecule has 1 N–H and O–H groups in total. The van der Waals surface area contributed by atoms with Crippen LogP contribution in [0.15, 0.2) is 6.07 Å². The van der Waals surface area contributed by atoms with E-state index in [1.54, 1.807) is 0 Å². The molecule has 0 spiro atoms. The summed E-state index contributed by atoms with van der Waals surface area (Å²) in [7, 11) is 0. The second kappa shape index (κ2) is 6.89. The van der Waals surface area contributed by atoms with Crippen molar-refractivity contribution in [1.29, 1.82) is 0 Å². The number of aryl methyl sites for hydroxylation is 1. The predicted molar refractivity (Wildman–Crippen MR) is 83.2 cm³/mol. The zero-order chi connectivity index (χ0) is 18.9. The molecule has 1 saturated heterocycles. The molecule has 0 aliphatic carbocycles. The van der Waals surface area contributed by atoms with Gasteiger partial charge in [-0.05, 0) is 26.3 Å². The van der Waals surface area contributed by atoms with E-state index in [1.807, 2.05) is 6.92 Å². The molecule has 0 aromatic carbocycles. The minimum atomic E-state index is -4.41. The monoisotopic (exact) mass is 359 g/mol. The molecule has 3 amide bonds. The molecule has 138 valence electrons. The summed E-state index contributed by atoms with van der Waals surface area (Å²) in [6.45, 7) is 3.07. The van der Waals surface area contributed by atoms with Crippen molar-refractivity contribution in [3.05, 3.63) is 23.0 Å². The second-order valence-corrected chi connectivity index (χ2v) is 6.12. The number of imide groups is 1. The van der Waals surface area contributed by atoms with Gasteiger partial charge in [0.2, 0.25) is 0 Å². The normalized spacial score (nSPS) is 18.0. The number of rotatable bonds is 6. The summed E-state index contributed by atoms with van der Waals surface area (Å²) in [5.41, 5.74) is 0.539. The number of nitrogens with one attached hydrogen (secondary N) is 1. The van der Waals surface area contributed by atoms with Crippen LogP contribution in [-0.4, -0.2) is 46.0 Å². The zero-order valence-corrected chi connectivity index (χ0v) is 14.2. The quantitative estimate of drug-likeness (QED) is 0.627. The van der Waals surface area contributed by atoms with Crippen LogP contribution in [0.3, 0.4) is 0 Å². The van der Waals surface area contributed by atoms with Crippen LogP contribution in [0, 0.1) is 13.8 Å². The fourth-order valence-corrected chi connectivity index (χ4v) is 2.95. The molecule has 1 aromatic rings. The number of urea groups is 1. The molecule has 0 bridgehead atoms. The molecule has 9 heteroatoms. The van der Waals surface area contributed by atoms with E-state index in [0.29, 0.717) is 18.5 Å². The Morgan fingerprint density at radius 2 is 1.92 bits per heavy atom. The number of halogens is 3. The van der Waals surface area contributed by atoms with Crippen molar-refractivity contribution in [2.75, 3.05) is 6.54 Å². The van der Waals surface area contributed by atoms with E-state index in [0.717, 1.165) is 9.47 Å². The SMILES string of the molecule is CCC[C@@H]1NC(=O)N(CC(=O)c2cc(C)n(CC(F)(F)F)c2C)C1=O. The van der Waals surface area contributed by atoms with Gasteiger partial charge < -0.3 is 9.88 Å². The molecule has 1 aliphatic rings. The Bertz CT molecular complexity index is 709. The number of amides is 3. The highest BCUT2D eigenvalue weighted by Crippen LogP contribution is 2.24. The minimum absolute atomic E-state index is 0.0845. The Labute approximate surface area is 143 Å². The van der Waals surface area contributed by atoms with Crippen LogP contribution >= 0.6 is 0 Å². The topological polar surface area (TPSA) is 71.4 Å². The van der Waals surface area contributed by atoms with E-state index in [2.05, 4.69) is 5.32 Å². The fourth-order valence-electron chi connectivity index (χ4n) is 2.95. The lowest BCUT2D eigenvalue weighted by molar-refractivity contribution is -0.141. The van der Waals surface area contributed by atoms with Crippen LogP contribution in [0.25, 0.3) is 0 Å². The smallest absolute Gasteiger partial charge is 0.339 e. The first-order valence-corrected chi connectivity index (χ1v) is 7.93. The summed E-state index contributed by atoms with van der Waals surface area (Å²) in [4.78, 5) is 37.3. The molecule has 1 atom stereocenters. The van der Waals surface area contributed by atoms with E-state index < -0.39 is 43.0 Å². The number of carbonyl (C=O) groups excluding carboxylic acids is 3. The van der Waals surface area contributed by atoms with Crippen LogP contribution in [0.4, 0.5) is 18.0 Å². The molecule has 0 saturated carbocycles. The third kappa shape index (κ3) is 4.02. The van der Waals surface area contributed by atoms with Crippen molar-refractivity contribution in [3.8, 4) is 0 Å². The maximum atomic E-state index is 12.6. The average molecular weight is 359 g/mol. The van der Waals surface area contributed by atoms with Gasteiger partial charge in [-0.25, -0.2) is 4.79 Å². The van der Waals surface area contributed by atoms with Gasteiger partial charge in [-0.3, -0.25) is 14.5 Å². The first-order chi connectivity index (χ1) is 11.5. The van der Waals surface area contributed by atoms with Crippen molar-refractivity contribution < 1.29 is 27.6 Å². The van der Waals surface area contributed by atoms with Gasteiger partial charge in [-0.2, -0.15) is 13.2 Å². The molecule has 1 aromatic heterocycles. The van der Waals surface area contributed by atoms with Crippen LogP contribution in [0.1, 0.15) is 41.5 Å². The number of ketones is 1. The summed E-state index contributed by atoms with van der Waals surface area (Å²) >= 11 is 0. The first-order valence-electron chi connectivity index (χ1n) is 7.93. The summed E-state index contributed by atoms with van der Waals surface area (Å²) in [5.74, 6) is -1.05. The first kappa shape index (κ1) is 19.0. The molecule has 1 fully saturated rings. The summed E-state index contributed by atoms with van der Waals surface area (Å²) < 4.78 is 38.9. The van der Waals surface area contributed by atoms with Gasteiger partial charge in [0.25, 0.3) is 5.91 Å². The number of Topliss-reactive ketones (excluding diaryl/α,β-unsaturated/α-hetero) is 1. The molecule has 1 aliphatic heterocycles.